The van der Waals surface area contributed by atoms with Crippen LogP contribution in [-0.2, 0) is 22.7 Å². The summed E-state index contributed by atoms with van der Waals surface area (Å²) in [6.45, 7) is 2.19. The second-order valence-corrected chi connectivity index (χ2v) is 8.86. The highest BCUT2D eigenvalue weighted by Gasteiger charge is 2.44. The van der Waals surface area contributed by atoms with E-state index in [-0.39, 0.29) is 29.7 Å². The lowest BCUT2D eigenvalue weighted by atomic mass is 9.84. The first-order valence-electron chi connectivity index (χ1n) is 10.8. The van der Waals surface area contributed by atoms with E-state index in [1.807, 2.05) is 18.2 Å². The van der Waals surface area contributed by atoms with Crippen molar-refractivity contribution in [3.05, 3.63) is 34.9 Å². The summed E-state index contributed by atoms with van der Waals surface area (Å²) in [4.78, 5) is 38.6. The molecule has 3 fully saturated rings. The molecule has 1 saturated carbocycles. The molecule has 3 heterocycles. The van der Waals surface area contributed by atoms with E-state index in [0.29, 0.717) is 25.6 Å². The van der Waals surface area contributed by atoms with Crippen molar-refractivity contribution in [1.29, 1.82) is 0 Å². The summed E-state index contributed by atoms with van der Waals surface area (Å²) in [6.07, 6.45) is 6.66. The minimum Gasteiger partial charge on any atom is -0.322 e. The smallest absolute Gasteiger partial charge is 0.255 e. The number of piperidine rings is 2. The molecule has 5 rings (SSSR count). The number of nitrogens with one attached hydrogen (secondary N) is 3. The maximum Gasteiger partial charge on any atom is 0.255 e. The molecule has 3 N–H and O–H groups in total. The molecule has 3 unspecified atom stereocenters. The highest BCUT2D eigenvalue weighted by molar-refractivity contribution is 6.05. The Labute approximate surface area is 170 Å². The normalized spacial score (nSPS) is 31.6. The van der Waals surface area contributed by atoms with Gasteiger partial charge >= 0.3 is 0 Å². The maximum atomic E-state index is 13.2. The first-order valence-corrected chi connectivity index (χ1v) is 10.8. The number of fused-ring (bicyclic) bond motifs is 2. The van der Waals surface area contributed by atoms with Gasteiger partial charge in [0, 0.05) is 36.7 Å². The molecule has 3 aliphatic heterocycles. The summed E-state index contributed by atoms with van der Waals surface area (Å²) < 4.78 is 0. The number of nitrogens with zero attached hydrogens (tertiary/aromatic N) is 1. The van der Waals surface area contributed by atoms with Gasteiger partial charge in [-0.15, -0.1) is 0 Å². The Bertz CT molecular complexity index is 870. The minimum atomic E-state index is -0.561. The number of carbonyl (C=O) groups is 3. The van der Waals surface area contributed by atoms with Gasteiger partial charge in [-0.25, -0.2) is 0 Å². The number of rotatable bonds is 4. The monoisotopic (exact) mass is 396 g/mol. The van der Waals surface area contributed by atoms with Crippen molar-refractivity contribution in [2.45, 2.75) is 75.7 Å². The van der Waals surface area contributed by atoms with Gasteiger partial charge < -0.3 is 15.5 Å². The molecule has 0 bridgehead atoms. The number of imide groups is 1. The molecule has 29 heavy (non-hydrogen) atoms. The molecule has 0 radical (unpaired) electrons. The van der Waals surface area contributed by atoms with E-state index >= 15 is 0 Å². The van der Waals surface area contributed by atoms with Crippen LogP contribution in [0.5, 0.6) is 0 Å². The fourth-order valence-electron chi connectivity index (χ4n) is 5.76. The summed E-state index contributed by atoms with van der Waals surface area (Å²) in [7, 11) is 0. The molecule has 1 aromatic carbocycles. The number of benzene rings is 1. The maximum absolute atomic E-state index is 13.2. The molecule has 154 valence electrons. The van der Waals surface area contributed by atoms with Crippen LogP contribution in [0.2, 0.25) is 0 Å². The van der Waals surface area contributed by atoms with Crippen LogP contribution in [0.1, 0.15) is 66.4 Å². The summed E-state index contributed by atoms with van der Waals surface area (Å²) in [5, 5.41) is 9.85. The van der Waals surface area contributed by atoms with Crippen molar-refractivity contribution in [2.75, 3.05) is 6.54 Å². The van der Waals surface area contributed by atoms with Gasteiger partial charge in [-0.05, 0) is 56.2 Å². The van der Waals surface area contributed by atoms with E-state index in [4.69, 9.17) is 0 Å². The van der Waals surface area contributed by atoms with Crippen molar-refractivity contribution < 1.29 is 14.4 Å². The number of hydrogen-bond acceptors (Lipinski definition) is 5. The van der Waals surface area contributed by atoms with Gasteiger partial charge in [0.1, 0.15) is 6.04 Å². The fraction of sp³-hybridized carbons (Fsp3) is 0.591. The summed E-state index contributed by atoms with van der Waals surface area (Å²) >= 11 is 0. The second-order valence-electron chi connectivity index (χ2n) is 8.86. The van der Waals surface area contributed by atoms with Crippen molar-refractivity contribution in [3.63, 3.8) is 0 Å². The van der Waals surface area contributed by atoms with Crippen LogP contribution in [0, 0.1) is 0 Å². The Morgan fingerprint density at radius 1 is 1.14 bits per heavy atom. The van der Waals surface area contributed by atoms with E-state index in [0.717, 1.165) is 23.2 Å². The minimum absolute atomic E-state index is 0.0888. The molecular formula is C22H28N4O3. The van der Waals surface area contributed by atoms with E-state index in [9.17, 15) is 14.4 Å². The molecule has 4 aliphatic rings. The highest BCUT2D eigenvalue weighted by atomic mass is 16.2. The van der Waals surface area contributed by atoms with Crippen LogP contribution in [0.25, 0.3) is 0 Å². The molecule has 1 aromatic rings. The third kappa shape index (κ3) is 3.16. The zero-order chi connectivity index (χ0) is 20.0. The first kappa shape index (κ1) is 18.8. The van der Waals surface area contributed by atoms with Gasteiger partial charge in [0.15, 0.2) is 0 Å². The largest absolute Gasteiger partial charge is 0.322 e. The van der Waals surface area contributed by atoms with Gasteiger partial charge in [0.25, 0.3) is 5.91 Å². The Hall–Kier alpha value is -2.25. The predicted octanol–water partition coefficient (Wildman–Crippen LogP) is 1.21. The third-order valence-corrected chi connectivity index (χ3v) is 7.24. The van der Waals surface area contributed by atoms with Gasteiger partial charge in [0.05, 0.1) is 0 Å². The average molecular weight is 396 g/mol. The van der Waals surface area contributed by atoms with Crippen LogP contribution in [0.15, 0.2) is 18.2 Å². The lowest BCUT2D eigenvalue weighted by Gasteiger charge is -2.41. The zero-order valence-electron chi connectivity index (χ0n) is 16.6. The first-order chi connectivity index (χ1) is 14.1. The van der Waals surface area contributed by atoms with Gasteiger partial charge in [0.2, 0.25) is 11.8 Å². The van der Waals surface area contributed by atoms with Gasteiger partial charge in [-0.2, -0.15) is 0 Å². The highest BCUT2D eigenvalue weighted by Crippen LogP contribution is 2.37. The summed E-state index contributed by atoms with van der Waals surface area (Å²) in [5.74, 6) is -0.705. The summed E-state index contributed by atoms with van der Waals surface area (Å²) in [5.41, 5.74) is 2.85. The number of carbonyl (C=O) groups excluding carboxylic acids is 3. The fourth-order valence-corrected chi connectivity index (χ4v) is 5.76. The summed E-state index contributed by atoms with van der Waals surface area (Å²) in [6, 6.07) is 5.95. The Morgan fingerprint density at radius 3 is 2.86 bits per heavy atom. The topological polar surface area (TPSA) is 90.5 Å². The van der Waals surface area contributed by atoms with Crippen molar-refractivity contribution in [3.8, 4) is 0 Å². The van der Waals surface area contributed by atoms with E-state index in [2.05, 4.69) is 16.0 Å². The van der Waals surface area contributed by atoms with Gasteiger partial charge in [-0.1, -0.05) is 18.2 Å². The zero-order valence-corrected chi connectivity index (χ0v) is 16.6. The van der Waals surface area contributed by atoms with Crippen molar-refractivity contribution in [2.24, 2.45) is 0 Å². The van der Waals surface area contributed by atoms with E-state index in [1.165, 1.54) is 32.1 Å². The molecule has 7 heteroatoms. The van der Waals surface area contributed by atoms with Crippen LogP contribution in [0.4, 0.5) is 0 Å². The molecule has 2 saturated heterocycles. The van der Waals surface area contributed by atoms with Crippen LogP contribution >= 0.6 is 0 Å². The number of hydrogen-bond donors (Lipinski definition) is 3. The van der Waals surface area contributed by atoms with Crippen molar-refractivity contribution >= 4 is 17.7 Å². The van der Waals surface area contributed by atoms with E-state index in [1.54, 1.807) is 4.90 Å². The molecule has 1 aliphatic carbocycles. The standard InChI is InChI=1S/C22H28N4O3/c27-18-8-7-16(20(28)25-18)26-13-15-5-1-4-14(19(15)21(26)29)12-24-22-9-2-6-17(22)23-11-3-10-22/h1,4-5,16-17,23-24H,2-3,6-13H2,(H,25,27,28). The second kappa shape index (κ2) is 7.22. The Kier molecular flexibility index (Phi) is 4.67. The van der Waals surface area contributed by atoms with Gasteiger partial charge in [-0.3, -0.25) is 19.7 Å². The van der Waals surface area contributed by atoms with Crippen LogP contribution < -0.4 is 16.0 Å². The molecule has 7 nitrogen and oxygen atoms in total. The lowest BCUT2D eigenvalue weighted by Crippen LogP contribution is -2.59. The lowest BCUT2D eigenvalue weighted by molar-refractivity contribution is -0.136. The molecule has 3 atom stereocenters. The Balaban J connectivity index is 1.35. The SMILES string of the molecule is O=C1CCC(N2Cc3cccc(CNC45CCCNC4CCC5)c3C2=O)C(=O)N1. The van der Waals surface area contributed by atoms with Crippen LogP contribution in [0.3, 0.4) is 0 Å². The predicted molar refractivity (Wildman–Crippen MR) is 107 cm³/mol. The van der Waals surface area contributed by atoms with Crippen molar-refractivity contribution in [1.82, 2.24) is 20.9 Å². The molecule has 0 aromatic heterocycles. The molecular weight excluding hydrogens is 368 g/mol. The third-order valence-electron chi connectivity index (χ3n) is 7.24. The van der Waals surface area contributed by atoms with Crippen LogP contribution in [-0.4, -0.2) is 46.8 Å². The quantitative estimate of drug-likeness (QED) is 0.666. The number of amides is 3. The molecule has 3 amide bonds. The average Bonchev–Trinajstić information content (AvgIpc) is 3.28. The van der Waals surface area contributed by atoms with E-state index < -0.39 is 6.04 Å². The molecule has 0 spiro atoms. The Morgan fingerprint density at radius 2 is 2.00 bits per heavy atom.